The Labute approximate surface area is 191 Å². The monoisotopic (exact) mass is 436 g/mol. The summed E-state index contributed by atoms with van der Waals surface area (Å²) < 4.78 is 12.0. The van der Waals surface area contributed by atoms with Crippen LogP contribution in [0.4, 0.5) is 0 Å². The minimum absolute atomic E-state index is 0.0347. The summed E-state index contributed by atoms with van der Waals surface area (Å²) in [6.07, 6.45) is 0. The standard InChI is InChI=1S/C26H21BN2O4/c1-26(2)13-32-27(33-14-26)19-10-6-5-9-17(19)25-28-20-12-11-18-21(22(20)29-25)24(31)16-8-4-3-7-15(16)23(18)30/h3-12H,13-14H2,1-2H3,(H,28,29). The number of carbonyl (C=O) groups excluding carboxylic acids is 2. The Bertz CT molecular complexity index is 1450. The van der Waals surface area contributed by atoms with Crippen molar-refractivity contribution in [3.05, 3.63) is 82.9 Å². The molecule has 0 amide bonds. The normalized spacial score (nSPS) is 17.2. The van der Waals surface area contributed by atoms with Crippen molar-refractivity contribution in [3.8, 4) is 11.4 Å². The number of carbonyl (C=O) groups is 2. The number of benzene rings is 3. The van der Waals surface area contributed by atoms with Crippen LogP contribution in [0.1, 0.15) is 45.7 Å². The number of fused-ring (bicyclic) bond motifs is 4. The van der Waals surface area contributed by atoms with Gasteiger partial charge in [-0.3, -0.25) is 9.59 Å². The first-order valence-electron chi connectivity index (χ1n) is 11.0. The third-order valence-corrected chi connectivity index (χ3v) is 6.26. The molecule has 1 aliphatic carbocycles. The second-order valence-corrected chi connectivity index (χ2v) is 9.38. The molecule has 1 N–H and O–H groups in total. The molecule has 1 aromatic heterocycles. The van der Waals surface area contributed by atoms with E-state index in [-0.39, 0.29) is 17.0 Å². The Morgan fingerprint density at radius 2 is 1.45 bits per heavy atom. The molecule has 1 aliphatic heterocycles. The molecular formula is C26H21BN2O4. The van der Waals surface area contributed by atoms with Crippen molar-refractivity contribution in [3.63, 3.8) is 0 Å². The van der Waals surface area contributed by atoms with Gasteiger partial charge in [-0.15, -0.1) is 0 Å². The maximum atomic E-state index is 13.3. The predicted molar refractivity (Wildman–Crippen MR) is 126 cm³/mol. The largest absolute Gasteiger partial charge is 0.494 e. The molecule has 2 heterocycles. The van der Waals surface area contributed by atoms with Gasteiger partial charge in [0.05, 0.1) is 11.1 Å². The third-order valence-electron chi connectivity index (χ3n) is 6.26. The lowest BCUT2D eigenvalue weighted by atomic mass is 9.73. The van der Waals surface area contributed by atoms with Gasteiger partial charge in [-0.05, 0) is 17.6 Å². The number of nitrogens with zero attached hydrogens (tertiary/aromatic N) is 1. The van der Waals surface area contributed by atoms with Gasteiger partial charge in [-0.2, -0.15) is 0 Å². The molecule has 0 bridgehead atoms. The summed E-state index contributed by atoms with van der Waals surface area (Å²) >= 11 is 0. The quantitative estimate of drug-likeness (QED) is 0.426. The van der Waals surface area contributed by atoms with Crippen LogP contribution in [0.2, 0.25) is 0 Å². The lowest BCUT2D eigenvalue weighted by Crippen LogP contribution is -2.48. The van der Waals surface area contributed by atoms with Crippen LogP contribution in [0.3, 0.4) is 0 Å². The smallest absolute Gasteiger partial charge is 0.407 e. The van der Waals surface area contributed by atoms with Crippen LogP contribution in [-0.4, -0.2) is 41.9 Å². The van der Waals surface area contributed by atoms with Gasteiger partial charge < -0.3 is 14.3 Å². The molecule has 6 rings (SSSR count). The summed E-state index contributed by atoms with van der Waals surface area (Å²) in [5.74, 6) is 0.266. The van der Waals surface area contributed by atoms with Crippen LogP contribution in [0.15, 0.2) is 60.7 Å². The summed E-state index contributed by atoms with van der Waals surface area (Å²) in [5.41, 5.74) is 4.46. The molecule has 0 unspecified atom stereocenters. The number of H-pyrrole nitrogens is 1. The molecule has 0 radical (unpaired) electrons. The number of hydrogen-bond acceptors (Lipinski definition) is 5. The number of ketones is 2. The molecule has 0 atom stereocenters. The number of aromatic amines is 1. The number of hydrogen-bond donors (Lipinski definition) is 1. The first-order valence-corrected chi connectivity index (χ1v) is 11.0. The van der Waals surface area contributed by atoms with E-state index in [2.05, 4.69) is 18.8 Å². The number of nitrogens with one attached hydrogen (secondary N) is 1. The van der Waals surface area contributed by atoms with Gasteiger partial charge in [0.15, 0.2) is 11.6 Å². The summed E-state index contributed by atoms with van der Waals surface area (Å²) in [6, 6.07) is 18.2. The molecule has 6 nitrogen and oxygen atoms in total. The molecule has 4 aromatic rings. The first kappa shape index (κ1) is 20.1. The zero-order valence-electron chi connectivity index (χ0n) is 18.3. The van der Waals surface area contributed by atoms with E-state index in [1.54, 1.807) is 30.3 Å². The van der Waals surface area contributed by atoms with Crippen molar-refractivity contribution in [1.82, 2.24) is 9.97 Å². The van der Waals surface area contributed by atoms with Crippen molar-refractivity contribution >= 4 is 35.2 Å². The summed E-state index contributed by atoms with van der Waals surface area (Å²) in [7, 11) is -0.494. The second kappa shape index (κ2) is 7.23. The van der Waals surface area contributed by atoms with Crippen LogP contribution in [0, 0.1) is 5.41 Å². The summed E-state index contributed by atoms with van der Waals surface area (Å²) in [5, 5.41) is 0. The van der Waals surface area contributed by atoms with E-state index in [0.717, 1.165) is 11.0 Å². The fraction of sp³-hybridized carbons (Fsp3) is 0.192. The van der Waals surface area contributed by atoms with Crippen LogP contribution in [-0.2, 0) is 9.31 Å². The SMILES string of the molecule is CC1(C)COB(c2ccccc2-c2nc3c4c(ccc3[nH]2)C(=O)c2ccccc2C4=O)OC1. The molecule has 7 heteroatoms. The highest BCUT2D eigenvalue weighted by Gasteiger charge is 2.36. The second-order valence-electron chi connectivity index (χ2n) is 9.38. The average Bonchev–Trinajstić information content (AvgIpc) is 3.26. The molecule has 162 valence electrons. The van der Waals surface area contributed by atoms with Crippen molar-refractivity contribution < 1.29 is 18.9 Å². The van der Waals surface area contributed by atoms with Gasteiger partial charge in [-0.1, -0.05) is 62.4 Å². The zero-order valence-corrected chi connectivity index (χ0v) is 18.3. The molecule has 3 aromatic carbocycles. The Balaban J connectivity index is 1.47. The molecule has 0 spiro atoms. The van der Waals surface area contributed by atoms with Crippen molar-refractivity contribution in [2.75, 3.05) is 13.2 Å². The van der Waals surface area contributed by atoms with Crippen molar-refractivity contribution in [1.29, 1.82) is 0 Å². The minimum Gasteiger partial charge on any atom is -0.407 e. The van der Waals surface area contributed by atoms with E-state index in [1.807, 2.05) is 30.3 Å². The fourth-order valence-electron chi connectivity index (χ4n) is 4.57. The Hall–Kier alpha value is -3.55. The first-order chi connectivity index (χ1) is 15.9. The van der Waals surface area contributed by atoms with Gasteiger partial charge in [0.2, 0.25) is 0 Å². The van der Waals surface area contributed by atoms with E-state index >= 15 is 0 Å². The van der Waals surface area contributed by atoms with Gasteiger partial charge in [0.25, 0.3) is 0 Å². The number of aromatic nitrogens is 2. The Morgan fingerprint density at radius 1 is 0.818 bits per heavy atom. The number of imidazole rings is 1. The predicted octanol–water partition coefficient (Wildman–Crippen LogP) is 3.77. The molecule has 33 heavy (non-hydrogen) atoms. The molecule has 1 saturated heterocycles. The van der Waals surface area contributed by atoms with Crippen molar-refractivity contribution in [2.24, 2.45) is 5.41 Å². The zero-order chi connectivity index (χ0) is 22.7. The van der Waals surface area contributed by atoms with Gasteiger partial charge >= 0.3 is 7.12 Å². The lowest BCUT2D eigenvalue weighted by molar-refractivity contribution is 0.0343. The van der Waals surface area contributed by atoms with E-state index in [4.69, 9.17) is 14.3 Å². The van der Waals surface area contributed by atoms with Crippen LogP contribution in [0.25, 0.3) is 22.4 Å². The van der Waals surface area contributed by atoms with Crippen LogP contribution < -0.4 is 5.46 Å². The summed E-state index contributed by atoms with van der Waals surface area (Å²) in [4.78, 5) is 34.5. The van der Waals surface area contributed by atoms with Gasteiger partial charge in [0, 0.05) is 40.9 Å². The highest BCUT2D eigenvalue weighted by atomic mass is 16.6. The molecule has 0 saturated carbocycles. The number of rotatable bonds is 2. The molecule has 2 aliphatic rings. The van der Waals surface area contributed by atoms with Crippen molar-refractivity contribution in [2.45, 2.75) is 13.8 Å². The minimum atomic E-state index is -0.494. The van der Waals surface area contributed by atoms with E-state index in [0.29, 0.717) is 52.3 Å². The van der Waals surface area contributed by atoms with Gasteiger partial charge in [0.1, 0.15) is 11.3 Å². The van der Waals surface area contributed by atoms with Gasteiger partial charge in [-0.25, -0.2) is 4.98 Å². The van der Waals surface area contributed by atoms with E-state index < -0.39 is 7.12 Å². The molecular weight excluding hydrogens is 415 g/mol. The van der Waals surface area contributed by atoms with Crippen LogP contribution in [0.5, 0.6) is 0 Å². The Kier molecular flexibility index (Phi) is 4.40. The topological polar surface area (TPSA) is 81.3 Å². The Morgan fingerprint density at radius 3 is 2.18 bits per heavy atom. The highest BCUT2D eigenvalue weighted by molar-refractivity contribution is 6.63. The van der Waals surface area contributed by atoms with E-state index in [9.17, 15) is 9.59 Å². The maximum absolute atomic E-state index is 13.3. The van der Waals surface area contributed by atoms with E-state index in [1.165, 1.54) is 0 Å². The highest BCUT2D eigenvalue weighted by Crippen LogP contribution is 2.33. The molecule has 1 fully saturated rings. The summed E-state index contributed by atoms with van der Waals surface area (Å²) in [6.45, 7) is 5.40. The van der Waals surface area contributed by atoms with Crippen LogP contribution >= 0.6 is 0 Å². The maximum Gasteiger partial charge on any atom is 0.494 e. The third kappa shape index (κ3) is 3.15. The average molecular weight is 436 g/mol. The lowest BCUT2D eigenvalue weighted by Gasteiger charge is -2.33. The fourth-order valence-corrected chi connectivity index (χ4v) is 4.57.